The topological polar surface area (TPSA) is 6.48 Å². The van der Waals surface area contributed by atoms with Crippen LogP contribution in [0.25, 0.3) is 0 Å². The second kappa shape index (κ2) is 9.55. The van der Waals surface area contributed by atoms with Crippen molar-refractivity contribution in [2.75, 3.05) is 32.7 Å². The van der Waals surface area contributed by atoms with Crippen molar-refractivity contribution in [2.24, 2.45) is 0 Å². The lowest BCUT2D eigenvalue weighted by molar-refractivity contribution is 0.279. The normalized spacial score (nSPS) is 11.5. The van der Waals surface area contributed by atoms with Crippen LogP contribution < -0.4 is 0 Å². The van der Waals surface area contributed by atoms with Crippen molar-refractivity contribution in [3.05, 3.63) is 0 Å². The van der Waals surface area contributed by atoms with Crippen LogP contribution >= 0.6 is 30.3 Å². The fourth-order valence-electron chi connectivity index (χ4n) is 1.22. The van der Waals surface area contributed by atoms with Gasteiger partial charge in [-0.2, -0.15) is 0 Å². The van der Waals surface area contributed by atoms with Crippen LogP contribution in [0.1, 0.15) is 27.2 Å². The maximum Gasteiger partial charge on any atom is 0.0224 e. The van der Waals surface area contributed by atoms with E-state index in [9.17, 15) is 0 Å². The molecule has 0 spiro atoms. The van der Waals surface area contributed by atoms with Gasteiger partial charge in [-0.25, -0.2) is 4.31 Å². The van der Waals surface area contributed by atoms with Crippen LogP contribution in [0.15, 0.2) is 0 Å². The van der Waals surface area contributed by atoms with E-state index in [4.69, 9.17) is 0 Å². The van der Waals surface area contributed by atoms with Gasteiger partial charge < -0.3 is 4.90 Å². The van der Waals surface area contributed by atoms with E-state index in [2.05, 4.69) is 51.2 Å². The lowest BCUT2D eigenvalue weighted by Crippen LogP contribution is -2.31. The predicted octanol–water partition coefficient (Wildman–Crippen LogP) is 3.04. The van der Waals surface area contributed by atoms with Crippen LogP contribution in [0.5, 0.6) is 0 Å². The van der Waals surface area contributed by atoms with Gasteiger partial charge in [0.05, 0.1) is 0 Å². The van der Waals surface area contributed by atoms with E-state index in [0.29, 0.717) is 0 Å². The zero-order valence-electron chi connectivity index (χ0n) is 8.92. The molecule has 4 heteroatoms. The summed E-state index contributed by atoms with van der Waals surface area (Å²) in [5.74, 6) is 0. The molecule has 0 aromatic rings. The summed E-state index contributed by atoms with van der Waals surface area (Å²) < 4.78 is 2.43. The van der Waals surface area contributed by atoms with Crippen LogP contribution in [-0.2, 0) is 0 Å². The standard InChI is InChI=1S/C9H21IN2S/c1-4-7-12(13-10)9-8-11(5-2)6-3/h4-9H2,1-3H3. The Balaban J connectivity index is 3.56. The molecule has 0 fully saturated rings. The average Bonchev–Trinajstić information content (AvgIpc) is 2.17. The maximum absolute atomic E-state index is 2.47. The summed E-state index contributed by atoms with van der Waals surface area (Å²) in [6.07, 6.45) is 1.24. The van der Waals surface area contributed by atoms with Crippen LogP contribution in [0.3, 0.4) is 0 Å². The fourth-order valence-corrected chi connectivity index (χ4v) is 2.81. The Morgan fingerprint density at radius 2 is 1.62 bits per heavy atom. The summed E-state index contributed by atoms with van der Waals surface area (Å²) in [6.45, 7) is 12.6. The van der Waals surface area contributed by atoms with Crippen molar-refractivity contribution in [1.29, 1.82) is 0 Å². The zero-order chi connectivity index (χ0) is 10.1. The molecule has 0 N–H and O–H groups in total. The summed E-state index contributed by atoms with van der Waals surface area (Å²) in [5, 5.41) is 0. The van der Waals surface area contributed by atoms with Crippen molar-refractivity contribution >= 4 is 30.3 Å². The third kappa shape index (κ3) is 6.99. The van der Waals surface area contributed by atoms with Crippen molar-refractivity contribution < 1.29 is 0 Å². The van der Waals surface area contributed by atoms with Gasteiger partial charge in [-0.3, -0.25) is 0 Å². The van der Waals surface area contributed by atoms with Gasteiger partial charge in [-0.15, -0.1) is 0 Å². The van der Waals surface area contributed by atoms with E-state index in [1.54, 1.807) is 0 Å². The molecular formula is C9H21IN2S. The van der Waals surface area contributed by atoms with E-state index in [0.717, 1.165) is 0 Å². The van der Waals surface area contributed by atoms with Crippen LogP contribution in [0.4, 0.5) is 0 Å². The number of likely N-dealkylation sites (N-methyl/N-ethyl adjacent to an activating group) is 1. The first-order valence-corrected chi connectivity index (χ1v) is 8.36. The van der Waals surface area contributed by atoms with E-state index < -0.39 is 0 Å². The molecule has 0 aromatic carbocycles. The highest BCUT2D eigenvalue weighted by atomic mass is 127. The minimum Gasteiger partial charge on any atom is -0.303 e. The van der Waals surface area contributed by atoms with E-state index in [1.807, 2.05) is 9.12 Å². The number of halogens is 1. The van der Waals surface area contributed by atoms with Gasteiger partial charge >= 0.3 is 0 Å². The number of hydrogen-bond donors (Lipinski definition) is 0. The second-order valence-corrected chi connectivity index (χ2v) is 4.86. The molecule has 13 heavy (non-hydrogen) atoms. The molecule has 0 atom stereocenters. The van der Waals surface area contributed by atoms with Crippen LogP contribution in [0.2, 0.25) is 0 Å². The molecule has 0 unspecified atom stereocenters. The summed E-state index contributed by atoms with van der Waals surface area (Å²) in [5.41, 5.74) is 0. The fraction of sp³-hybridized carbons (Fsp3) is 1.00. The quantitative estimate of drug-likeness (QED) is 0.502. The molecule has 2 nitrogen and oxygen atoms in total. The Hall–Kier alpha value is 1.00. The highest BCUT2D eigenvalue weighted by molar-refractivity contribution is 14.2. The minimum absolute atomic E-state index is 1.17. The summed E-state index contributed by atoms with van der Waals surface area (Å²) in [4.78, 5) is 2.47. The third-order valence-electron chi connectivity index (χ3n) is 2.13. The molecule has 0 aromatic heterocycles. The van der Waals surface area contributed by atoms with Crippen molar-refractivity contribution in [3.8, 4) is 0 Å². The lowest BCUT2D eigenvalue weighted by Gasteiger charge is -2.23. The first-order valence-electron chi connectivity index (χ1n) is 5.04. The Kier molecular flexibility index (Phi) is 10.3. The third-order valence-corrected chi connectivity index (χ3v) is 4.36. The SMILES string of the molecule is CCCN(CCN(CC)CC)SI. The summed E-state index contributed by atoms with van der Waals surface area (Å²) in [7, 11) is 1.83. The molecule has 0 bridgehead atoms. The van der Waals surface area contributed by atoms with Crippen molar-refractivity contribution in [1.82, 2.24) is 9.21 Å². The first kappa shape index (κ1) is 14.0. The van der Waals surface area contributed by atoms with Gasteiger partial charge in [0.2, 0.25) is 0 Å². The predicted molar refractivity (Wildman–Crippen MR) is 71.3 cm³/mol. The van der Waals surface area contributed by atoms with Gasteiger partial charge in [0.15, 0.2) is 0 Å². The molecule has 0 aliphatic heterocycles. The van der Waals surface area contributed by atoms with Gasteiger partial charge in [-0.05, 0) is 28.6 Å². The van der Waals surface area contributed by atoms with Gasteiger partial charge in [0, 0.05) is 40.8 Å². The molecule has 0 saturated heterocycles. The van der Waals surface area contributed by atoms with Gasteiger partial charge in [-0.1, -0.05) is 20.8 Å². The summed E-state index contributed by atoms with van der Waals surface area (Å²) in [6, 6.07) is 0. The molecule has 0 heterocycles. The molecule has 0 aliphatic carbocycles. The Bertz CT molecular complexity index is 110. The smallest absolute Gasteiger partial charge is 0.0224 e. The zero-order valence-corrected chi connectivity index (χ0v) is 11.9. The molecule has 0 amide bonds. The molecule has 0 saturated carbocycles. The first-order chi connectivity index (χ1) is 6.28. The van der Waals surface area contributed by atoms with Gasteiger partial charge in [0.25, 0.3) is 0 Å². The molecule has 0 aliphatic rings. The van der Waals surface area contributed by atoms with E-state index in [-0.39, 0.29) is 0 Å². The minimum atomic E-state index is 1.17. The maximum atomic E-state index is 2.47. The second-order valence-electron chi connectivity index (χ2n) is 3.02. The molecular weight excluding hydrogens is 295 g/mol. The monoisotopic (exact) mass is 316 g/mol. The number of nitrogens with zero attached hydrogens (tertiary/aromatic N) is 2. The van der Waals surface area contributed by atoms with E-state index >= 15 is 0 Å². The van der Waals surface area contributed by atoms with Crippen LogP contribution in [-0.4, -0.2) is 41.9 Å². The highest BCUT2D eigenvalue weighted by Gasteiger charge is 2.04. The Morgan fingerprint density at radius 3 is 2.00 bits per heavy atom. The lowest BCUT2D eigenvalue weighted by atomic mass is 10.4. The van der Waals surface area contributed by atoms with Crippen molar-refractivity contribution in [3.63, 3.8) is 0 Å². The highest BCUT2D eigenvalue weighted by Crippen LogP contribution is 2.17. The number of rotatable bonds is 8. The molecule has 0 radical (unpaired) electrons. The van der Waals surface area contributed by atoms with Crippen LogP contribution in [0, 0.1) is 0 Å². The number of hydrogen-bond acceptors (Lipinski definition) is 3. The summed E-state index contributed by atoms with van der Waals surface area (Å²) >= 11 is 2.37. The molecule has 80 valence electrons. The Labute approximate surface area is 99.1 Å². The van der Waals surface area contributed by atoms with E-state index in [1.165, 1.54) is 39.1 Å². The Morgan fingerprint density at radius 1 is 1.00 bits per heavy atom. The average molecular weight is 316 g/mol. The molecule has 0 rings (SSSR count). The largest absolute Gasteiger partial charge is 0.303 e. The van der Waals surface area contributed by atoms with Gasteiger partial charge in [0.1, 0.15) is 0 Å². The van der Waals surface area contributed by atoms with Crippen molar-refractivity contribution in [2.45, 2.75) is 27.2 Å².